The number of thiol groups is 1. The van der Waals surface area contributed by atoms with Crippen LogP contribution in [0.4, 0.5) is 4.79 Å². The summed E-state index contributed by atoms with van der Waals surface area (Å²) in [5.74, 6) is -0.151. The van der Waals surface area contributed by atoms with E-state index in [9.17, 15) is 9.59 Å². The lowest BCUT2D eigenvalue weighted by Crippen LogP contribution is -2.62. The van der Waals surface area contributed by atoms with Crippen molar-refractivity contribution in [3.63, 3.8) is 0 Å². The molecule has 2 aromatic carbocycles. The number of carbonyl (C=O) groups excluding carboxylic acids is 2. The number of rotatable bonds is 6. The number of aryl methyl sites for hydroxylation is 1. The molecule has 3 amide bonds. The summed E-state index contributed by atoms with van der Waals surface area (Å²) in [6.45, 7) is 4.37. The van der Waals surface area contributed by atoms with E-state index in [0.29, 0.717) is 19.4 Å². The molecule has 2 aromatic rings. The van der Waals surface area contributed by atoms with Crippen LogP contribution in [-0.4, -0.2) is 32.7 Å². The monoisotopic (exact) mass is 382 g/mol. The lowest BCUT2D eigenvalue weighted by molar-refractivity contribution is -0.135. The van der Waals surface area contributed by atoms with Gasteiger partial charge >= 0.3 is 6.03 Å². The van der Waals surface area contributed by atoms with Crippen molar-refractivity contribution >= 4 is 24.6 Å². The van der Waals surface area contributed by atoms with Crippen molar-refractivity contribution in [1.29, 1.82) is 0 Å². The summed E-state index contributed by atoms with van der Waals surface area (Å²) in [7, 11) is 0. The maximum atomic E-state index is 13.2. The molecular weight excluding hydrogens is 356 g/mol. The zero-order valence-electron chi connectivity index (χ0n) is 15.8. The number of urea groups is 1. The quantitative estimate of drug-likeness (QED) is 0.747. The maximum Gasteiger partial charge on any atom is 0.328 e. The highest BCUT2D eigenvalue weighted by Gasteiger charge is 2.45. The van der Waals surface area contributed by atoms with Gasteiger partial charge in [0.15, 0.2) is 0 Å². The third-order valence-corrected chi connectivity index (χ3v) is 5.52. The first-order valence-electron chi connectivity index (χ1n) is 9.28. The van der Waals surface area contributed by atoms with Gasteiger partial charge in [-0.1, -0.05) is 60.7 Å². The van der Waals surface area contributed by atoms with E-state index in [0.717, 1.165) is 12.0 Å². The van der Waals surface area contributed by atoms with Gasteiger partial charge in [0.2, 0.25) is 5.91 Å². The summed E-state index contributed by atoms with van der Waals surface area (Å²) in [5, 5.41) is -0.431. The summed E-state index contributed by atoms with van der Waals surface area (Å²) in [5.41, 5.74) is 1.70. The minimum Gasteiger partial charge on any atom is -0.314 e. The molecule has 0 aromatic heterocycles. The SMILES string of the molecule is CC1(C)CC(=O)N(C(S)CCc2ccccc2)C(=O)N1Cc1ccccc1. The molecule has 4 nitrogen and oxygen atoms in total. The average Bonchev–Trinajstić information content (AvgIpc) is 2.64. The number of hydrogen-bond donors (Lipinski definition) is 1. The predicted molar refractivity (Wildman–Crippen MR) is 110 cm³/mol. The van der Waals surface area contributed by atoms with Crippen LogP contribution in [0.2, 0.25) is 0 Å². The second-order valence-electron chi connectivity index (χ2n) is 7.61. The lowest BCUT2D eigenvalue weighted by atomic mass is 9.93. The molecular formula is C22H26N2O2S. The molecule has 0 N–H and O–H groups in total. The molecule has 142 valence electrons. The van der Waals surface area contributed by atoms with Crippen molar-refractivity contribution in [2.45, 2.75) is 50.6 Å². The molecule has 1 aliphatic rings. The zero-order valence-corrected chi connectivity index (χ0v) is 16.7. The van der Waals surface area contributed by atoms with Gasteiger partial charge in [0.1, 0.15) is 0 Å². The number of hydrogen-bond acceptors (Lipinski definition) is 3. The Bertz CT molecular complexity index is 792. The van der Waals surface area contributed by atoms with E-state index in [2.05, 4.69) is 12.6 Å². The summed E-state index contributed by atoms with van der Waals surface area (Å²) in [6, 6.07) is 19.7. The van der Waals surface area contributed by atoms with E-state index >= 15 is 0 Å². The number of imide groups is 1. The molecule has 1 aliphatic heterocycles. The molecule has 1 saturated heterocycles. The normalized spacial score (nSPS) is 17.9. The van der Waals surface area contributed by atoms with Crippen molar-refractivity contribution in [2.75, 3.05) is 0 Å². The Morgan fingerprint density at radius 3 is 2.11 bits per heavy atom. The molecule has 27 heavy (non-hydrogen) atoms. The van der Waals surface area contributed by atoms with Crippen molar-refractivity contribution in [3.8, 4) is 0 Å². The molecule has 1 fully saturated rings. The van der Waals surface area contributed by atoms with Gasteiger partial charge in [0.25, 0.3) is 0 Å². The first-order chi connectivity index (χ1) is 12.9. The zero-order chi connectivity index (χ0) is 19.4. The molecule has 0 bridgehead atoms. The van der Waals surface area contributed by atoms with Crippen LogP contribution < -0.4 is 0 Å². The van der Waals surface area contributed by atoms with Gasteiger partial charge in [-0.25, -0.2) is 4.79 Å². The van der Waals surface area contributed by atoms with Crippen molar-refractivity contribution < 1.29 is 9.59 Å². The third kappa shape index (κ3) is 4.53. The Balaban J connectivity index is 1.74. The van der Waals surface area contributed by atoms with Crippen LogP contribution in [0.5, 0.6) is 0 Å². The van der Waals surface area contributed by atoms with Gasteiger partial charge in [-0.2, -0.15) is 12.6 Å². The molecule has 0 aliphatic carbocycles. The summed E-state index contributed by atoms with van der Waals surface area (Å²) in [4.78, 5) is 29.0. The Hall–Kier alpha value is -2.27. The molecule has 0 radical (unpaired) electrons. The third-order valence-electron chi connectivity index (χ3n) is 5.04. The highest BCUT2D eigenvalue weighted by atomic mass is 32.1. The van der Waals surface area contributed by atoms with Gasteiger partial charge < -0.3 is 4.90 Å². The van der Waals surface area contributed by atoms with E-state index in [-0.39, 0.29) is 11.9 Å². The van der Waals surface area contributed by atoms with Crippen LogP contribution in [0.15, 0.2) is 60.7 Å². The van der Waals surface area contributed by atoms with Gasteiger partial charge in [0.05, 0.1) is 11.8 Å². The minimum absolute atomic E-state index is 0.151. The second-order valence-corrected chi connectivity index (χ2v) is 8.21. The molecule has 1 atom stereocenters. The molecule has 1 heterocycles. The number of benzene rings is 2. The van der Waals surface area contributed by atoms with Crippen molar-refractivity contribution in [3.05, 3.63) is 71.8 Å². The molecule has 1 unspecified atom stereocenters. The van der Waals surface area contributed by atoms with E-state index in [1.165, 1.54) is 10.5 Å². The first kappa shape index (κ1) is 19.5. The average molecular weight is 383 g/mol. The van der Waals surface area contributed by atoms with Crippen molar-refractivity contribution in [2.24, 2.45) is 0 Å². The molecule has 0 spiro atoms. The summed E-state index contributed by atoms with van der Waals surface area (Å²) >= 11 is 4.60. The topological polar surface area (TPSA) is 40.6 Å². The van der Waals surface area contributed by atoms with Gasteiger partial charge in [-0.05, 0) is 37.8 Å². The Morgan fingerprint density at radius 2 is 1.52 bits per heavy atom. The fraction of sp³-hybridized carbons (Fsp3) is 0.364. The van der Waals surface area contributed by atoms with Gasteiger partial charge in [0, 0.05) is 12.1 Å². The Labute approximate surface area is 166 Å². The Kier molecular flexibility index (Phi) is 5.90. The van der Waals surface area contributed by atoms with Crippen LogP contribution in [0.25, 0.3) is 0 Å². The highest BCUT2D eigenvalue weighted by Crippen LogP contribution is 2.31. The summed E-state index contributed by atoms with van der Waals surface area (Å²) in [6.07, 6.45) is 1.70. The fourth-order valence-electron chi connectivity index (χ4n) is 3.46. The summed E-state index contributed by atoms with van der Waals surface area (Å²) < 4.78 is 0. The van der Waals surface area contributed by atoms with Gasteiger partial charge in [-0.15, -0.1) is 0 Å². The predicted octanol–water partition coefficient (Wildman–Crippen LogP) is 4.51. The molecule has 0 saturated carbocycles. The second kappa shape index (κ2) is 8.17. The van der Waals surface area contributed by atoms with E-state index < -0.39 is 10.9 Å². The fourth-order valence-corrected chi connectivity index (χ4v) is 3.81. The van der Waals surface area contributed by atoms with Crippen LogP contribution in [-0.2, 0) is 17.8 Å². The number of amides is 3. The van der Waals surface area contributed by atoms with Gasteiger partial charge in [-0.3, -0.25) is 9.69 Å². The van der Waals surface area contributed by atoms with E-state index in [1.54, 1.807) is 4.90 Å². The van der Waals surface area contributed by atoms with Crippen LogP contribution in [0.1, 0.15) is 37.8 Å². The van der Waals surface area contributed by atoms with E-state index in [1.807, 2.05) is 74.5 Å². The number of nitrogens with zero attached hydrogens (tertiary/aromatic N) is 2. The standard InChI is InChI=1S/C22H26N2O2S/c1-22(2)15-19(25)24(20(27)14-13-17-9-5-3-6-10-17)21(26)23(22)16-18-11-7-4-8-12-18/h3-12,20,27H,13-16H2,1-2H3. The van der Waals surface area contributed by atoms with Crippen LogP contribution >= 0.6 is 12.6 Å². The Morgan fingerprint density at radius 1 is 0.963 bits per heavy atom. The van der Waals surface area contributed by atoms with Crippen LogP contribution in [0.3, 0.4) is 0 Å². The maximum absolute atomic E-state index is 13.2. The lowest BCUT2D eigenvalue weighted by Gasteiger charge is -2.47. The number of carbonyl (C=O) groups is 2. The van der Waals surface area contributed by atoms with Crippen LogP contribution in [0, 0.1) is 0 Å². The molecule has 3 rings (SSSR count). The van der Waals surface area contributed by atoms with E-state index in [4.69, 9.17) is 0 Å². The first-order valence-corrected chi connectivity index (χ1v) is 9.80. The minimum atomic E-state index is -0.520. The van der Waals surface area contributed by atoms with Crippen molar-refractivity contribution in [1.82, 2.24) is 9.80 Å². The highest BCUT2D eigenvalue weighted by molar-refractivity contribution is 7.80. The molecule has 5 heteroatoms. The smallest absolute Gasteiger partial charge is 0.314 e. The largest absolute Gasteiger partial charge is 0.328 e.